The number of hydrogen-bond donors (Lipinski definition) is 2. The van der Waals surface area contributed by atoms with E-state index in [0.29, 0.717) is 13.1 Å². The van der Waals surface area contributed by atoms with Crippen LogP contribution in [0.5, 0.6) is 0 Å². The van der Waals surface area contributed by atoms with Crippen molar-refractivity contribution in [2.45, 2.75) is 30.6 Å². The summed E-state index contributed by atoms with van der Waals surface area (Å²) in [6.07, 6.45) is 3.87. The molecule has 1 fully saturated rings. The van der Waals surface area contributed by atoms with Gasteiger partial charge in [-0.15, -0.1) is 0 Å². The van der Waals surface area contributed by atoms with E-state index < -0.39 is 9.84 Å². The van der Waals surface area contributed by atoms with Crippen LogP contribution in [0.15, 0.2) is 0 Å². The fourth-order valence-electron chi connectivity index (χ4n) is 2.26. The quantitative estimate of drug-likeness (QED) is 0.683. The van der Waals surface area contributed by atoms with E-state index in [2.05, 4.69) is 10.6 Å². The van der Waals surface area contributed by atoms with Crippen molar-refractivity contribution in [3.05, 3.63) is 0 Å². The number of rotatable bonds is 5. The first-order chi connectivity index (χ1) is 8.32. The second-order valence-corrected chi connectivity index (χ2v) is 7.25. The molecule has 18 heavy (non-hydrogen) atoms. The fourth-order valence-corrected chi connectivity index (χ4v) is 3.68. The van der Waals surface area contributed by atoms with Crippen LogP contribution < -0.4 is 10.6 Å². The van der Waals surface area contributed by atoms with Crippen LogP contribution in [0.2, 0.25) is 0 Å². The van der Waals surface area contributed by atoms with Crippen molar-refractivity contribution in [3.8, 4) is 0 Å². The molecule has 7 heteroatoms. The summed E-state index contributed by atoms with van der Waals surface area (Å²) in [5, 5.41) is 5.68. The molecule has 2 unspecified atom stereocenters. The van der Waals surface area contributed by atoms with Gasteiger partial charge in [0.2, 0.25) is 0 Å². The molecule has 1 aliphatic rings. The molecule has 106 valence electrons. The van der Waals surface area contributed by atoms with Gasteiger partial charge in [0.05, 0.1) is 5.25 Å². The zero-order valence-electron chi connectivity index (χ0n) is 11.3. The van der Waals surface area contributed by atoms with Crippen molar-refractivity contribution in [3.63, 3.8) is 0 Å². The topological polar surface area (TPSA) is 78.5 Å². The van der Waals surface area contributed by atoms with Gasteiger partial charge in [-0.05, 0) is 12.8 Å². The predicted molar refractivity (Wildman–Crippen MR) is 71.4 cm³/mol. The Labute approximate surface area is 109 Å². The standard InChI is InChI=1S/C11H23N3O3S/c1-14(2)11(15)13-8-7-12-9-5-4-6-10(9)18(3,16)17/h9-10,12H,4-8H2,1-3H3,(H,13,15). The molecule has 0 aromatic carbocycles. The molecule has 0 heterocycles. The van der Waals surface area contributed by atoms with Gasteiger partial charge < -0.3 is 15.5 Å². The number of nitrogens with one attached hydrogen (secondary N) is 2. The van der Waals surface area contributed by atoms with Crippen LogP contribution in [0.4, 0.5) is 4.79 Å². The highest BCUT2D eigenvalue weighted by Gasteiger charge is 2.34. The van der Waals surface area contributed by atoms with Gasteiger partial charge in [-0.3, -0.25) is 0 Å². The number of sulfone groups is 1. The van der Waals surface area contributed by atoms with Gasteiger partial charge in [0, 0.05) is 39.5 Å². The summed E-state index contributed by atoms with van der Waals surface area (Å²) >= 11 is 0. The Kier molecular flexibility index (Phi) is 5.40. The van der Waals surface area contributed by atoms with Crippen molar-refractivity contribution >= 4 is 15.9 Å². The number of carbonyl (C=O) groups is 1. The summed E-state index contributed by atoms with van der Waals surface area (Å²) in [7, 11) is 0.383. The maximum Gasteiger partial charge on any atom is 0.316 e. The first-order valence-electron chi connectivity index (χ1n) is 6.20. The van der Waals surface area contributed by atoms with Gasteiger partial charge in [0.15, 0.2) is 9.84 Å². The van der Waals surface area contributed by atoms with E-state index in [-0.39, 0.29) is 17.3 Å². The van der Waals surface area contributed by atoms with E-state index in [1.807, 2.05) is 0 Å². The van der Waals surface area contributed by atoms with Gasteiger partial charge in [-0.25, -0.2) is 13.2 Å². The highest BCUT2D eigenvalue weighted by Crippen LogP contribution is 2.24. The molecule has 6 nitrogen and oxygen atoms in total. The number of hydrogen-bond acceptors (Lipinski definition) is 4. The van der Waals surface area contributed by atoms with Crippen LogP contribution in [-0.4, -0.2) is 64.1 Å². The molecular weight excluding hydrogens is 254 g/mol. The molecule has 0 bridgehead atoms. The normalized spacial score (nSPS) is 23.9. The molecule has 2 atom stereocenters. The Bertz CT molecular complexity index is 381. The van der Waals surface area contributed by atoms with E-state index in [4.69, 9.17) is 0 Å². The van der Waals surface area contributed by atoms with Gasteiger partial charge >= 0.3 is 6.03 Å². The number of carbonyl (C=O) groups excluding carboxylic acids is 1. The van der Waals surface area contributed by atoms with Crippen molar-refractivity contribution in [2.24, 2.45) is 0 Å². The van der Waals surface area contributed by atoms with Crippen LogP contribution in [-0.2, 0) is 9.84 Å². The molecule has 0 aromatic rings. The van der Waals surface area contributed by atoms with Crippen molar-refractivity contribution in [1.82, 2.24) is 15.5 Å². The summed E-state index contributed by atoms with van der Waals surface area (Å²) in [5.41, 5.74) is 0. The summed E-state index contributed by atoms with van der Waals surface area (Å²) in [5.74, 6) is 0. The lowest BCUT2D eigenvalue weighted by molar-refractivity contribution is 0.217. The van der Waals surface area contributed by atoms with Crippen LogP contribution in [0.25, 0.3) is 0 Å². The van der Waals surface area contributed by atoms with Crippen molar-refractivity contribution < 1.29 is 13.2 Å². The smallest absolute Gasteiger partial charge is 0.316 e. The Morgan fingerprint density at radius 3 is 2.50 bits per heavy atom. The van der Waals surface area contributed by atoms with E-state index in [0.717, 1.165) is 19.3 Å². The fraction of sp³-hybridized carbons (Fsp3) is 0.909. The molecule has 0 aliphatic heterocycles. The monoisotopic (exact) mass is 277 g/mol. The third-order valence-corrected chi connectivity index (χ3v) is 4.88. The molecule has 0 saturated heterocycles. The lowest BCUT2D eigenvalue weighted by Crippen LogP contribution is -2.44. The second kappa shape index (κ2) is 6.38. The first-order valence-corrected chi connectivity index (χ1v) is 8.15. The number of nitrogens with zero attached hydrogens (tertiary/aromatic N) is 1. The van der Waals surface area contributed by atoms with Crippen LogP contribution in [0, 0.1) is 0 Å². The molecule has 0 spiro atoms. The third-order valence-electron chi connectivity index (χ3n) is 3.22. The number of urea groups is 1. The minimum absolute atomic E-state index is 0.0243. The van der Waals surface area contributed by atoms with Gasteiger partial charge in [0.25, 0.3) is 0 Å². The Balaban J connectivity index is 2.29. The summed E-state index contributed by atoms with van der Waals surface area (Å²) in [6.45, 7) is 1.10. The molecule has 2 N–H and O–H groups in total. The van der Waals surface area contributed by atoms with E-state index >= 15 is 0 Å². The highest BCUT2D eigenvalue weighted by atomic mass is 32.2. The lowest BCUT2D eigenvalue weighted by atomic mass is 10.2. The minimum Gasteiger partial charge on any atom is -0.337 e. The Morgan fingerprint density at radius 2 is 1.94 bits per heavy atom. The molecular formula is C11H23N3O3S. The van der Waals surface area contributed by atoms with Crippen LogP contribution >= 0.6 is 0 Å². The van der Waals surface area contributed by atoms with Crippen LogP contribution in [0.3, 0.4) is 0 Å². The highest BCUT2D eigenvalue weighted by molar-refractivity contribution is 7.91. The van der Waals surface area contributed by atoms with E-state index in [1.165, 1.54) is 11.2 Å². The van der Waals surface area contributed by atoms with Gasteiger partial charge in [-0.1, -0.05) is 6.42 Å². The first kappa shape index (κ1) is 15.2. The second-order valence-electron chi connectivity index (χ2n) is 4.99. The van der Waals surface area contributed by atoms with Gasteiger partial charge in [0.1, 0.15) is 0 Å². The SMILES string of the molecule is CN(C)C(=O)NCCNC1CCCC1S(C)(=O)=O. The zero-order chi connectivity index (χ0) is 13.8. The summed E-state index contributed by atoms with van der Waals surface area (Å²) in [4.78, 5) is 12.7. The molecule has 0 aromatic heterocycles. The average Bonchev–Trinajstić information content (AvgIpc) is 2.71. The Morgan fingerprint density at radius 1 is 1.28 bits per heavy atom. The summed E-state index contributed by atoms with van der Waals surface area (Å²) < 4.78 is 23.1. The lowest BCUT2D eigenvalue weighted by Gasteiger charge is -2.20. The van der Waals surface area contributed by atoms with Crippen molar-refractivity contribution in [1.29, 1.82) is 0 Å². The average molecular weight is 277 g/mol. The molecule has 1 aliphatic carbocycles. The van der Waals surface area contributed by atoms with Crippen molar-refractivity contribution in [2.75, 3.05) is 33.4 Å². The maximum atomic E-state index is 11.6. The number of amides is 2. The third kappa shape index (κ3) is 4.45. The predicted octanol–water partition coefficient (Wildman–Crippen LogP) is -0.187. The van der Waals surface area contributed by atoms with E-state index in [1.54, 1.807) is 14.1 Å². The minimum atomic E-state index is -2.98. The molecule has 2 amide bonds. The Hall–Kier alpha value is -0.820. The molecule has 1 saturated carbocycles. The molecule has 1 rings (SSSR count). The van der Waals surface area contributed by atoms with E-state index in [9.17, 15) is 13.2 Å². The van der Waals surface area contributed by atoms with Crippen LogP contribution in [0.1, 0.15) is 19.3 Å². The zero-order valence-corrected chi connectivity index (χ0v) is 12.1. The maximum absolute atomic E-state index is 11.6. The summed E-state index contributed by atoms with van der Waals surface area (Å²) in [6, 6.07) is -0.112. The largest absolute Gasteiger partial charge is 0.337 e. The van der Waals surface area contributed by atoms with Gasteiger partial charge in [-0.2, -0.15) is 0 Å². The molecule has 0 radical (unpaired) electrons.